The van der Waals surface area contributed by atoms with Crippen molar-refractivity contribution in [2.75, 3.05) is 13.2 Å². The molecule has 0 spiro atoms. The number of aryl methyl sites for hydroxylation is 1. The second-order valence-electron chi connectivity index (χ2n) is 4.71. The fourth-order valence-electron chi connectivity index (χ4n) is 2.03. The lowest BCUT2D eigenvalue weighted by atomic mass is 10.1. The summed E-state index contributed by atoms with van der Waals surface area (Å²) in [6.07, 6.45) is 1.75. The number of rotatable bonds is 4. The van der Waals surface area contributed by atoms with Gasteiger partial charge in [-0.1, -0.05) is 0 Å². The van der Waals surface area contributed by atoms with Gasteiger partial charge in [0.1, 0.15) is 6.61 Å². The number of hydrogen-bond acceptors (Lipinski definition) is 5. The van der Waals surface area contributed by atoms with E-state index in [-0.39, 0.29) is 23.2 Å². The normalized spacial score (nSPS) is 19.0. The Hall–Kier alpha value is -1.11. The van der Waals surface area contributed by atoms with E-state index in [1.165, 1.54) is 12.1 Å². The lowest BCUT2D eigenvalue weighted by molar-refractivity contribution is 0.0161. The molecule has 1 atom stereocenters. The minimum Gasteiger partial charge on any atom is -0.459 e. The average molecular weight is 319 g/mol. The third-order valence-corrected chi connectivity index (χ3v) is 4.33. The number of halogens is 1. The Morgan fingerprint density at radius 1 is 1.45 bits per heavy atom. The van der Waals surface area contributed by atoms with E-state index in [4.69, 9.17) is 20.2 Å². The van der Waals surface area contributed by atoms with Crippen LogP contribution in [0.25, 0.3) is 0 Å². The molecule has 0 N–H and O–H groups in total. The minimum atomic E-state index is -3.87. The summed E-state index contributed by atoms with van der Waals surface area (Å²) in [5.41, 5.74) is 0.790. The molecule has 1 aromatic carbocycles. The number of carbonyl (C=O) groups is 1. The highest BCUT2D eigenvalue weighted by molar-refractivity contribution is 8.13. The van der Waals surface area contributed by atoms with E-state index in [2.05, 4.69) is 0 Å². The van der Waals surface area contributed by atoms with Crippen LogP contribution >= 0.6 is 10.7 Å². The molecule has 0 saturated carbocycles. The van der Waals surface area contributed by atoms with Gasteiger partial charge >= 0.3 is 5.97 Å². The van der Waals surface area contributed by atoms with Gasteiger partial charge in [0.2, 0.25) is 0 Å². The Morgan fingerprint density at radius 3 is 2.80 bits per heavy atom. The van der Waals surface area contributed by atoms with Gasteiger partial charge in [0, 0.05) is 17.3 Å². The highest BCUT2D eigenvalue weighted by Crippen LogP contribution is 2.20. The van der Waals surface area contributed by atoms with E-state index in [9.17, 15) is 13.2 Å². The van der Waals surface area contributed by atoms with Crippen molar-refractivity contribution in [3.8, 4) is 0 Å². The Balaban J connectivity index is 2.11. The molecule has 5 nitrogen and oxygen atoms in total. The van der Waals surface area contributed by atoms with Gasteiger partial charge in [0.05, 0.1) is 16.6 Å². The van der Waals surface area contributed by atoms with Gasteiger partial charge < -0.3 is 9.47 Å². The second kappa shape index (κ2) is 6.11. The molecule has 1 unspecified atom stereocenters. The van der Waals surface area contributed by atoms with Crippen molar-refractivity contribution in [2.45, 2.75) is 30.8 Å². The van der Waals surface area contributed by atoms with Crippen LogP contribution in [0, 0.1) is 6.92 Å². The van der Waals surface area contributed by atoms with Crippen molar-refractivity contribution in [3.05, 3.63) is 29.3 Å². The predicted molar refractivity (Wildman–Crippen MR) is 73.5 cm³/mol. The van der Waals surface area contributed by atoms with Gasteiger partial charge in [-0.3, -0.25) is 0 Å². The summed E-state index contributed by atoms with van der Waals surface area (Å²) in [6, 6.07) is 4.18. The largest absolute Gasteiger partial charge is 0.459 e. The zero-order valence-corrected chi connectivity index (χ0v) is 12.5. The summed E-state index contributed by atoms with van der Waals surface area (Å²) in [7, 11) is 1.42. The van der Waals surface area contributed by atoms with Gasteiger partial charge in [-0.25, -0.2) is 13.2 Å². The third kappa shape index (κ3) is 3.94. The number of ether oxygens (including phenoxy) is 2. The van der Waals surface area contributed by atoms with E-state index < -0.39 is 15.0 Å². The van der Waals surface area contributed by atoms with Crippen LogP contribution in [0.3, 0.4) is 0 Å². The van der Waals surface area contributed by atoms with Crippen LogP contribution in [0.5, 0.6) is 0 Å². The first kappa shape index (κ1) is 15.3. The monoisotopic (exact) mass is 318 g/mol. The Kier molecular flexibility index (Phi) is 4.67. The molecular formula is C13H15ClO5S. The zero-order valence-electron chi connectivity index (χ0n) is 11.0. The molecule has 20 heavy (non-hydrogen) atoms. The van der Waals surface area contributed by atoms with Gasteiger partial charge in [-0.2, -0.15) is 0 Å². The third-order valence-electron chi connectivity index (χ3n) is 2.99. The summed E-state index contributed by atoms with van der Waals surface area (Å²) >= 11 is 0. The average Bonchev–Trinajstić information content (AvgIpc) is 2.87. The maximum Gasteiger partial charge on any atom is 0.338 e. The van der Waals surface area contributed by atoms with Crippen molar-refractivity contribution in [1.29, 1.82) is 0 Å². The molecule has 0 bridgehead atoms. The van der Waals surface area contributed by atoms with Crippen LogP contribution in [0.2, 0.25) is 0 Å². The van der Waals surface area contributed by atoms with Crippen LogP contribution in [-0.4, -0.2) is 33.7 Å². The SMILES string of the molecule is Cc1cc(C(=O)OCC2CCCO2)cc(S(=O)(=O)Cl)c1. The Bertz CT molecular complexity index is 605. The van der Waals surface area contributed by atoms with E-state index in [0.29, 0.717) is 12.2 Å². The van der Waals surface area contributed by atoms with Crippen LogP contribution in [0.1, 0.15) is 28.8 Å². The first-order valence-electron chi connectivity index (χ1n) is 6.21. The van der Waals surface area contributed by atoms with Crippen LogP contribution < -0.4 is 0 Å². The van der Waals surface area contributed by atoms with E-state index in [0.717, 1.165) is 12.8 Å². The predicted octanol–water partition coefficient (Wildman–Crippen LogP) is 2.26. The fourth-order valence-corrected chi connectivity index (χ4v) is 2.90. The van der Waals surface area contributed by atoms with Crippen molar-refractivity contribution < 1.29 is 22.7 Å². The first-order chi connectivity index (χ1) is 9.36. The maximum atomic E-state index is 11.9. The van der Waals surface area contributed by atoms with Gasteiger partial charge in [0.25, 0.3) is 9.05 Å². The first-order valence-corrected chi connectivity index (χ1v) is 8.52. The van der Waals surface area contributed by atoms with Crippen LogP contribution in [0.15, 0.2) is 23.1 Å². The van der Waals surface area contributed by atoms with Crippen molar-refractivity contribution >= 4 is 25.7 Å². The van der Waals surface area contributed by atoms with Gasteiger partial charge in [0.15, 0.2) is 0 Å². The summed E-state index contributed by atoms with van der Waals surface area (Å²) in [5.74, 6) is -0.578. The number of hydrogen-bond donors (Lipinski definition) is 0. The number of esters is 1. The summed E-state index contributed by atoms with van der Waals surface area (Å²) < 4.78 is 33.1. The summed E-state index contributed by atoms with van der Waals surface area (Å²) in [4.78, 5) is 11.8. The molecule has 2 rings (SSSR count). The molecule has 1 fully saturated rings. The summed E-state index contributed by atoms with van der Waals surface area (Å²) in [5, 5.41) is 0. The summed E-state index contributed by atoms with van der Waals surface area (Å²) in [6.45, 7) is 2.54. The molecule has 7 heteroatoms. The highest BCUT2D eigenvalue weighted by atomic mass is 35.7. The van der Waals surface area contributed by atoms with Gasteiger partial charge in [-0.15, -0.1) is 0 Å². The van der Waals surface area contributed by atoms with Crippen LogP contribution in [0.4, 0.5) is 0 Å². The lowest BCUT2D eigenvalue weighted by Crippen LogP contribution is -2.18. The zero-order chi connectivity index (χ0) is 14.8. The minimum absolute atomic E-state index is 0.0695. The molecule has 110 valence electrons. The van der Waals surface area contributed by atoms with E-state index in [1.54, 1.807) is 13.0 Å². The molecule has 1 heterocycles. The molecule has 0 aliphatic carbocycles. The van der Waals surface area contributed by atoms with Crippen molar-refractivity contribution in [3.63, 3.8) is 0 Å². The standard InChI is InChI=1S/C13H15ClO5S/c1-9-5-10(7-12(6-9)20(14,16)17)13(15)19-8-11-3-2-4-18-11/h5-7,11H,2-4,8H2,1H3. The second-order valence-corrected chi connectivity index (χ2v) is 7.27. The van der Waals surface area contributed by atoms with Crippen molar-refractivity contribution in [2.24, 2.45) is 0 Å². The van der Waals surface area contributed by atoms with Gasteiger partial charge in [-0.05, 0) is 43.5 Å². The smallest absolute Gasteiger partial charge is 0.338 e. The molecule has 1 aliphatic heterocycles. The van der Waals surface area contributed by atoms with E-state index in [1.807, 2.05) is 0 Å². The quantitative estimate of drug-likeness (QED) is 0.629. The maximum absolute atomic E-state index is 11.9. The number of benzene rings is 1. The lowest BCUT2D eigenvalue weighted by Gasteiger charge is -2.11. The number of carbonyl (C=O) groups excluding carboxylic acids is 1. The molecule has 0 radical (unpaired) electrons. The molecule has 1 aliphatic rings. The Morgan fingerprint density at radius 2 is 2.20 bits per heavy atom. The topological polar surface area (TPSA) is 69.7 Å². The molecule has 0 amide bonds. The van der Waals surface area contributed by atoms with E-state index >= 15 is 0 Å². The Labute approximate surface area is 122 Å². The molecule has 0 aromatic heterocycles. The van der Waals surface area contributed by atoms with Crippen molar-refractivity contribution in [1.82, 2.24) is 0 Å². The highest BCUT2D eigenvalue weighted by Gasteiger charge is 2.19. The fraction of sp³-hybridized carbons (Fsp3) is 0.462. The molecule has 1 saturated heterocycles. The molecule has 1 aromatic rings. The molecular weight excluding hydrogens is 304 g/mol. The van der Waals surface area contributed by atoms with Crippen LogP contribution in [-0.2, 0) is 18.5 Å².